The molecule has 1 amide bonds. The van der Waals surface area contributed by atoms with E-state index in [1.54, 1.807) is 7.11 Å². The molecule has 156 valence electrons. The van der Waals surface area contributed by atoms with Crippen LogP contribution in [0.3, 0.4) is 0 Å². The minimum absolute atomic E-state index is 0.123. The first kappa shape index (κ1) is 20.3. The van der Waals surface area contributed by atoms with Gasteiger partial charge in [-0.3, -0.25) is 4.79 Å². The Morgan fingerprint density at radius 3 is 2.67 bits per heavy atom. The summed E-state index contributed by atoms with van der Waals surface area (Å²) in [6, 6.07) is 15.4. The second kappa shape index (κ2) is 9.69. The number of hydrogen-bond acceptors (Lipinski definition) is 7. The zero-order chi connectivity index (χ0) is 20.8. The van der Waals surface area contributed by atoms with Crippen LogP contribution in [-0.4, -0.2) is 53.6 Å². The van der Waals surface area contributed by atoms with E-state index in [1.807, 2.05) is 53.4 Å². The third-order valence-electron chi connectivity index (χ3n) is 4.79. The molecule has 0 unspecified atom stereocenters. The first-order valence-electron chi connectivity index (χ1n) is 9.77. The molecule has 1 aliphatic rings. The molecule has 0 aliphatic carbocycles. The van der Waals surface area contributed by atoms with Gasteiger partial charge in [0.05, 0.1) is 26.7 Å². The highest BCUT2D eigenvalue weighted by atomic mass is 32.1. The molecule has 7 nitrogen and oxygen atoms in total. The number of amides is 1. The number of carbonyl (C=O) groups is 1. The van der Waals surface area contributed by atoms with Crippen molar-refractivity contribution in [2.24, 2.45) is 0 Å². The van der Waals surface area contributed by atoms with Crippen LogP contribution in [0, 0.1) is 0 Å². The molecule has 0 atom stereocenters. The predicted molar refractivity (Wildman–Crippen MR) is 113 cm³/mol. The number of carbonyl (C=O) groups excluding carboxylic acids is 1. The van der Waals surface area contributed by atoms with Gasteiger partial charge >= 0.3 is 0 Å². The van der Waals surface area contributed by atoms with Crippen molar-refractivity contribution >= 4 is 17.4 Å². The maximum absolute atomic E-state index is 12.4. The van der Waals surface area contributed by atoms with Crippen LogP contribution in [0.25, 0.3) is 0 Å². The van der Waals surface area contributed by atoms with E-state index in [0.29, 0.717) is 55.9 Å². The normalized spacial score (nSPS) is 13.8. The fourth-order valence-corrected chi connectivity index (χ4v) is 3.76. The Kier molecular flexibility index (Phi) is 6.56. The summed E-state index contributed by atoms with van der Waals surface area (Å²) in [5.74, 6) is 2.31. The zero-order valence-corrected chi connectivity index (χ0v) is 17.6. The van der Waals surface area contributed by atoms with Crippen molar-refractivity contribution in [3.05, 3.63) is 65.5 Å². The third-order valence-corrected chi connectivity index (χ3v) is 5.43. The van der Waals surface area contributed by atoms with Crippen molar-refractivity contribution in [1.82, 2.24) is 14.3 Å². The number of ether oxygens (including phenoxy) is 3. The quantitative estimate of drug-likeness (QED) is 0.578. The Labute approximate surface area is 179 Å². The van der Waals surface area contributed by atoms with E-state index in [-0.39, 0.29) is 5.91 Å². The largest absolute Gasteiger partial charge is 0.497 e. The van der Waals surface area contributed by atoms with Gasteiger partial charge in [0.25, 0.3) is 5.19 Å². The smallest absolute Gasteiger partial charge is 0.298 e. The molecular weight excluding hydrogens is 402 g/mol. The lowest BCUT2D eigenvalue weighted by molar-refractivity contribution is -0.134. The molecule has 0 N–H and O–H groups in total. The van der Waals surface area contributed by atoms with Crippen LogP contribution in [0.4, 0.5) is 0 Å². The Morgan fingerprint density at radius 1 is 1.10 bits per heavy atom. The van der Waals surface area contributed by atoms with Crippen LogP contribution in [0.1, 0.15) is 17.0 Å². The van der Waals surface area contributed by atoms with Gasteiger partial charge in [-0.1, -0.05) is 24.3 Å². The topological polar surface area (TPSA) is 73.8 Å². The first-order chi connectivity index (χ1) is 14.7. The van der Waals surface area contributed by atoms with Gasteiger partial charge in [-0.05, 0) is 35.4 Å². The van der Waals surface area contributed by atoms with E-state index in [9.17, 15) is 4.79 Å². The maximum Gasteiger partial charge on any atom is 0.298 e. The average Bonchev–Trinajstić information content (AvgIpc) is 3.22. The van der Waals surface area contributed by atoms with Crippen LogP contribution in [0.5, 0.6) is 16.7 Å². The van der Waals surface area contributed by atoms with Gasteiger partial charge in [0.1, 0.15) is 11.5 Å². The average molecular weight is 426 g/mol. The Morgan fingerprint density at radius 2 is 1.90 bits per heavy atom. The Hall–Kier alpha value is -2.97. The summed E-state index contributed by atoms with van der Waals surface area (Å²) in [4.78, 5) is 18.7. The van der Waals surface area contributed by atoms with E-state index in [0.717, 1.165) is 16.9 Å². The lowest BCUT2D eigenvalue weighted by Crippen LogP contribution is -2.41. The molecule has 2 heterocycles. The third kappa shape index (κ3) is 5.34. The van der Waals surface area contributed by atoms with Crippen LogP contribution in [0.15, 0.2) is 48.5 Å². The van der Waals surface area contributed by atoms with Crippen molar-refractivity contribution in [1.29, 1.82) is 0 Å². The number of nitrogens with zero attached hydrogens (tertiary/aromatic N) is 3. The molecule has 1 aromatic heterocycles. The van der Waals surface area contributed by atoms with E-state index in [4.69, 9.17) is 14.2 Å². The van der Waals surface area contributed by atoms with Crippen molar-refractivity contribution in [2.45, 2.75) is 12.8 Å². The molecule has 1 saturated heterocycles. The van der Waals surface area contributed by atoms with Crippen molar-refractivity contribution in [3.8, 4) is 16.7 Å². The van der Waals surface area contributed by atoms with Crippen molar-refractivity contribution in [2.75, 3.05) is 33.4 Å². The highest BCUT2D eigenvalue weighted by Gasteiger charge is 2.17. The van der Waals surface area contributed by atoms with Crippen molar-refractivity contribution in [3.63, 3.8) is 0 Å². The fraction of sp³-hybridized carbons (Fsp3) is 0.318. The van der Waals surface area contributed by atoms with Gasteiger partial charge in [-0.25, -0.2) is 0 Å². The van der Waals surface area contributed by atoms with Gasteiger partial charge in [0, 0.05) is 31.0 Å². The monoisotopic (exact) mass is 425 g/mol. The summed E-state index contributed by atoms with van der Waals surface area (Å²) < 4.78 is 20.7. The minimum atomic E-state index is 0.123. The molecule has 8 heteroatoms. The molecule has 1 aliphatic heterocycles. The van der Waals surface area contributed by atoms with Crippen LogP contribution in [0.2, 0.25) is 0 Å². The number of methoxy groups -OCH3 is 1. The zero-order valence-electron chi connectivity index (χ0n) is 16.7. The van der Waals surface area contributed by atoms with E-state index < -0.39 is 0 Å². The summed E-state index contributed by atoms with van der Waals surface area (Å²) in [6.07, 6.45) is 0.990. The predicted octanol–water partition coefficient (Wildman–Crippen LogP) is 3.33. The molecule has 30 heavy (non-hydrogen) atoms. The standard InChI is InChI=1S/C22H23N3O4S/c1-27-19-4-2-3-17(13-19)14-20-23-22(30-24-20)29-18-7-5-16(6-8-18)15-21(26)25-9-11-28-12-10-25/h2-8,13H,9-12,14-15H2,1H3. The first-order valence-corrected chi connectivity index (χ1v) is 10.5. The maximum atomic E-state index is 12.4. The highest BCUT2D eigenvalue weighted by molar-refractivity contribution is 7.07. The van der Waals surface area contributed by atoms with Gasteiger partial charge in [-0.2, -0.15) is 9.36 Å². The molecule has 0 radical (unpaired) electrons. The summed E-state index contributed by atoms with van der Waals surface area (Å²) in [7, 11) is 1.65. The number of morpholine rings is 1. The van der Waals surface area contributed by atoms with E-state index in [2.05, 4.69) is 9.36 Å². The minimum Gasteiger partial charge on any atom is -0.497 e. The molecule has 0 saturated carbocycles. The van der Waals surface area contributed by atoms with Crippen LogP contribution in [-0.2, 0) is 22.4 Å². The van der Waals surface area contributed by atoms with Gasteiger partial charge in [0.15, 0.2) is 5.82 Å². The second-order valence-corrected chi connectivity index (χ2v) is 7.64. The summed E-state index contributed by atoms with van der Waals surface area (Å²) in [6.45, 7) is 2.55. The molecule has 1 fully saturated rings. The highest BCUT2D eigenvalue weighted by Crippen LogP contribution is 2.25. The molecule has 0 spiro atoms. The van der Waals surface area contributed by atoms with Crippen LogP contribution < -0.4 is 9.47 Å². The number of aromatic nitrogens is 2. The SMILES string of the molecule is COc1cccc(Cc2nsc(Oc3ccc(CC(=O)N4CCOCC4)cc3)n2)c1. The lowest BCUT2D eigenvalue weighted by atomic mass is 10.1. The second-order valence-electron chi connectivity index (χ2n) is 6.92. The Bertz CT molecular complexity index is 984. The Balaban J connectivity index is 1.32. The summed E-state index contributed by atoms with van der Waals surface area (Å²) in [5, 5.41) is 0.491. The van der Waals surface area contributed by atoms with E-state index >= 15 is 0 Å². The van der Waals surface area contributed by atoms with Crippen LogP contribution >= 0.6 is 11.5 Å². The molecule has 4 rings (SSSR count). The van der Waals surface area contributed by atoms with Gasteiger partial charge < -0.3 is 19.1 Å². The molecule has 0 bridgehead atoms. The number of hydrogen-bond donors (Lipinski definition) is 0. The molecule has 3 aromatic rings. The van der Waals surface area contributed by atoms with Gasteiger partial charge in [0.2, 0.25) is 5.91 Å². The lowest BCUT2D eigenvalue weighted by Gasteiger charge is -2.26. The van der Waals surface area contributed by atoms with Crippen molar-refractivity contribution < 1.29 is 19.0 Å². The van der Waals surface area contributed by atoms with Gasteiger partial charge in [-0.15, -0.1) is 0 Å². The number of rotatable bonds is 7. The summed E-state index contributed by atoms with van der Waals surface area (Å²) >= 11 is 1.22. The number of benzene rings is 2. The molecular formula is C22H23N3O4S. The molecule has 2 aromatic carbocycles. The fourth-order valence-electron chi connectivity index (χ4n) is 3.19. The summed E-state index contributed by atoms with van der Waals surface area (Å²) in [5.41, 5.74) is 2.03. The van der Waals surface area contributed by atoms with E-state index in [1.165, 1.54) is 11.5 Å².